The van der Waals surface area contributed by atoms with Crippen molar-refractivity contribution in [1.29, 1.82) is 0 Å². The third kappa shape index (κ3) is 4.81. The van der Waals surface area contributed by atoms with Crippen molar-refractivity contribution in [2.75, 3.05) is 26.2 Å². The number of carbonyl (C=O) groups excluding carboxylic acids is 1. The molecule has 0 radical (unpaired) electrons. The minimum atomic E-state index is -0.312. The van der Waals surface area contributed by atoms with Gasteiger partial charge >= 0.3 is 0 Å². The highest BCUT2D eigenvalue weighted by Gasteiger charge is 2.25. The standard InChI is InChI=1S/C29H28FNO3S/c1-3-19-16-31(17-19)12-13-34-23-8-4-20(5-9-23)28(33)27-25-11-7-22(32)15-26(25)35-29(27)24-10-6-21(30)14-18(24)2/h4-11,14-15,19,32H,3,12-13,16-17H2,1-2H3. The van der Waals surface area contributed by atoms with Gasteiger partial charge in [-0.25, -0.2) is 4.39 Å². The van der Waals surface area contributed by atoms with E-state index in [1.807, 2.05) is 19.1 Å². The predicted molar refractivity (Wildman–Crippen MR) is 139 cm³/mol. The Bertz CT molecular complexity index is 1370. The fourth-order valence-corrected chi connectivity index (χ4v) is 5.96. The van der Waals surface area contributed by atoms with Gasteiger partial charge in [-0.3, -0.25) is 9.69 Å². The van der Waals surface area contributed by atoms with Gasteiger partial charge in [-0.05, 0) is 78.6 Å². The number of phenolic OH excluding ortho intramolecular Hbond substituents is 1. The Morgan fingerprint density at radius 3 is 2.60 bits per heavy atom. The number of carbonyl (C=O) groups is 1. The molecular formula is C29H28FNO3S. The minimum absolute atomic E-state index is 0.113. The van der Waals surface area contributed by atoms with Gasteiger partial charge in [-0.2, -0.15) is 0 Å². The van der Waals surface area contributed by atoms with Crippen LogP contribution in [0, 0.1) is 18.7 Å². The lowest BCUT2D eigenvalue weighted by Gasteiger charge is -2.38. The molecule has 180 valence electrons. The smallest absolute Gasteiger partial charge is 0.195 e. The van der Waals surface area contributed by atoms with Crippen molar-refractivity contribution >= 4 is 27.2 Å². The Labute approximate surface area is 208 Å². The van der Waals surface area contributed by atoms with Crippen LogP contribution in [-0.2, 0) is 0 Å². The van der Waals surface area contributed by atoms with Gasteiger partial charge in [0.1, 0.15) is 23.9 Å². The van der Waals surface area contributed by atoms with Gasteiger partial charge in [-0.1, -0.05) is 19.4 Å². The van der Waals surface area contributed by atoms with Gasteiger partial charge in [0.2, 0.25) is 0 Å². The summed E-state index contributed by atoms with van der Waals surface area (Å²) in [5.41, 5.74) is 2.69. The average Bonchev–Trinajstić information content (AvgIpc) is 3.18. The summed E-state index contributed by atoms with van der Waals surface area (Å²) >= 11 is 1.43. The zero-order valence-electron chi connectivity index (χ0n) is 19.9. The summed E-state index contributed by atoms with van der Waals surface area (Å²) in [7, 11) is 0. The molecule has 6 heteroatoms. The van der Waals surface area contributed by atoms with Crippen LogP contribution in [0.2, 0.25) is 0 Å². The molecule has 0 atom stereocenters. The van der Waals surface area contributed by atoms with E-state index in [1.54, 1.807) is 36.4 Å². The normalized spacial score (nSPS) is 14.3. The first kappa shape index (κ1) is 23.5. The van der Waals surface area contributed by atoms with Crippen molar-refractivity contribution in [3.8, 4) is 21.9 Å². The van der Waals surface area contributed by atoms with Crippen molar-refractivity contribution in [2.45, 2.75) is 20.3 Å². The molecule has 1 saturated heterocycles. The highest BCUT2D eigenvalue weighted by atomic mass is 32.1. The molecule has 0 aliphatic carbocycles. The maximum atomic E-state index is 13.8. The van der Waals surface area contributed by atoms with Gasteiger partial charge in [0.25, 0.3) is 0 Å². The summed E-state index contributed by atoms with van der Waals surface area (Å²) in [6.07, 6.45) is 1.23. The SMILES string of the molecule is CCC1CN(CCOc2ccc(C(=O)c3c(-c4ccc(F)cc4C)sc4cc(O)ccc34)cc2)C1. The Hall–Kier alpha value is -3.22. The van der Waals surface area contributed by atoms with Crippen LogP contribution in [0.25, 0.3) is 20.5 Å². The van der Waals surface area contributed by atoms with Crippen molar-refractivity contribution in [3.63, 3.8) is 0 Å². The molecule has 5 rings (SSSR count). The number of benzene rings is 3. The molecule has 4 nitrogen and oxygen atoms in total. The third-order valence-corrected chi connectivity index (χ3v) is 7.92. The average molecular weight is 490 g/mol. The van der Waals surface area contributed by atoms with Crippen LogP contribution in [0.3, 0.4) is 0 Å². The van der Waals surface area contributed by atoms with Gasteiger partial charge in [-0.15, -0.1) is 11.3 Å². The van der Waals surface area contributed by atoms with Crippen molar-refractivity contribution in [2.24, 2.45) is 5.92 Å². The number of nitrogens with zero attached hydrogens (tertiary/aromatic N) is 1. The van der Waals surface area contributed by atoms with Gasteiger partial charge in [0.15, 0.2) is 5.78 Å². The number of thiophene rings is 1. The second-order valence-corrected chi connectivity index (χ2v) is 10.2. The first-order valence-electron chi connectivity index (χ1n) is 11.9. The van der Waals surface area contributed by atoms with Crippen LogP contribution < -0.4 is 4.74 Å². The molecule has 0 saturated carbocycles. The number of aromatic hydroxyl groups is 1. The van der Waals surface area contributed by atoms with E-state index in [0.717, 1.165) is 57.4 Å². The number of aryl methyl sites for hydroxylation is 1. The van der Waals surface area contributed by atoms with Crippen LogP contribution in [-0.4, -0.2) is 42.0 Å². The summed E-state index contributed by atoms with van der Waals surface area (Å²) in [4.78, 5) is 16.9. The molecule has 1 aliphatic heterocycles. The lowest BCUT2D eigenvalue weighted by molar-refractivity contribution is 0.0806. The Morgan fingerprint density at radius 1 is 1.11 bits per heavy atom. The molecule has 0 amide bonds. The number of ketones is 1. The van der Waals surface area contributed by atoms with E-state index in [4.69, 9.17) is 4.74 Å². The van der Waals surface area contributed by atoms with Gasteiger partial charge in [0.05, 0.1) is 0 Å². The Morgan fingerprint density at radius 2 is 1.89 bits per heavy atom. The Balaban J connectivity index is 1.40. The van der Waals surface area contributed by atoms with E-state index >= 15 is 0 Å². The molecule has 1 fully saturated rings. The van der Waals surface area contributed by atoms with Crippen LogP contribution in [0.4, 0.5) is 4.39 Å². The highest BCUT2D eigenvalue weighted by molar-refractivity contribution is 7.22. The fourth-order valence-electron chi connectivity index (χ4n) is 4.64. The lowest BCUT2D eigenvalue weighted by Crippen LogP contribution is -2.47. The zero-order chi connectivity index (χ0) is 24.5. The summed E-state index contributed by atoms with van der Waals surface area (Å²) in [6.45, 7) is 7.89. The largest absolute Gasteiger partial charge is 0.508 e. The van der Waals surface area contributed by atoms with E-state index in [1.165, 1.54) is 29.9 Å². The molecule has 4 aromatic rings. The fraction of sp³-hybridized carbons (Fsp3) is 0.276. The van der Waals surface area contributed by atoms with Crippen LogP contribution in [0.5, 0.6) is 11.5 Å². The van der Waals surface area contributed by atoms with E-state index in [0.29, 0.717) is 17.7 Å². The maximum Gasteiger partial charge on any atom is 0.195 e. The molecular weight excluding hydrogens is 461 g/mol. The second-order valence-electron chi connectivity index (χ2n) is 9.18. The van der Waals surface area contributed by atoms with E-state index in [-0.39, 0.29) is 17.3 Å². The number of hydrogen-bond acceptors (Lipinski definition) is 5. The first-order chi connectivity index (χ1) is 16.9. The maximum absolute atomic E-state index is 13.8. The number of phenols is 1. The van der Waals surface area contributed by atoms with Crippen LogP contribution in [0.1, 0.15) is 34.8 Å². The summed E-state index contributed by atoms with van der Waals surface area (Å²) < 4.78 is 20.5. The van der Waals surface area contributed by atoms with Crippen molar-refractivity contribution < 1.29 is 19.0 Å². The predicted octanol–water partition coefficient (Wildman–Crippen LogP) is 6.67. The molecule has 35 heavy (non-hydrogen) atoms. The topological polar surface area (TPSA) is 49.8 Å². The number of halogens is 1. The Kier molecular flexibility index (Phi) is 6.58. The minimum Gasteiger partial charge on any atom is -0.508 e. The summed E-state index contributed by atoms with van der Waals surface area (Å²) in [5.74, 6) is 1.28. The number of ether oxygens (including phenoxy) is 1. The van der Waals surface area contributed by atoms with Crippen molar-refractivity contribution in [1.82, 2.24) is 4.90 Å². The van der Waals surface area contributed by atoms with Crippen molar-refractivity contribution in [3.05, 3.63) is 83.2 Å². The van der Waals surface area contributed by atoms with Crippen LogP contribution in [0.15, 0.2) is 60.7 Å². The van der Waals surface area contributed by atoms with Crippen LogP contribution >= 0.6 is 11.3 Å². The molecule has 0 unspecified atom stereocenters. The van der Waals surface area contributed by atoms with Gasteiger partial charge in [0, 0.05) is 45.7 Å². The van der Waals surface area contributed by atoms with Gasteiger partial charge < -0.3 is 9.84 Å². The second kappa shape index (κ2) is 9.80. The summed E-state index contributed by atoms with van der Waals surface area (Å²) in [5, 5.41) is 10.8. The molecule has 0 bridgehead atoms. The summed E-state index contributed by atoms with van der Waals surface area (Å²) in [6, 6.07) is 16.9. The van der Waals surface area contributed by atoms with E-state index < -0.39 is 0 Å². The van der Waals surface area contributed by atoms with E-state index in [9.17, 15) is 14.3 Å². The number of fused-ring (bicyclic) bond motifs is 1. The molecule has 0 spiro atoms. The first-order valence-corrected chi connectivity index (χ1v) is 12.8. The molecule has 3 aromatic carbocycles. The number of likely N-dealkylation sites (tertiary alicyclic amines) is 1. The number of rotatable bonds is 8. The number of hydrogen-bond donors (Lipinski definition) is 1. The highest BCUT2D eigenvalue weighted by Crippen LogP contribution is 2.42. The zero-order valence-corrected chi connectivity index (χ0v) is 20.7. The molecule has 2 heterocycles. The lowest BCUT2D eigenvalue weighted by atomic mass is 9.96. The van der Waals surface area contributed by atoms with E-state index in [2.05, 4.69) is 11.8 Å². The monoisotopic (exact) mass is 489 g/mol. The third-order valence-electron chi connectivity index (χ3n) is 6.74. The quantitative estimate of drug-likeness (QED) is 0.281. The molecule has 1 aliphatic rings. The molecule has 1 aromatic heterocycles. The molecule has 1 N–H and O–H groups in total.